The molecule has 0 aliphatic heterocycles. The molecule has 0 aliphatic carbocycles. The molecule has 0 fully saturated rings. The molecule has 5 N–H and O–H groups in total. The van der Waals surface area contributed by atoms with Crippen LogP contribution in [0.3, 0.4) is 0 Å². The Morgan fingerprint density at radius 2 is 1.70 bits per heavy atom. The van der Waals surface area contributed by atoms with Gasteiger partial charge in [-0.1, -0.05) is 11.6 Å². The van der Waals surface area contributed by atoms with Crippen molar-refractivity contribution in [2.45, 2.75) is 0 Å². The number of benzene rings is 2. The first-order valence-corrected chi connectivity index (χ1v) is 7.96. The molecule has 0 atom stereocenters. The molecule has 0 radical (unpaired) electrons. The number of amides is 1. The fraction of sp³-hybridized carbons (Fsp3) is 0. The second kappa shape index (κ2) is 7.83. The van der Waals surface area contributed by atoms with Crippen LogP contribution in [0.25, 0.3) is 0 Å². The lowest BCUT2D eigenvalue weighted by atomic mass is 10.2. The van der Waals surface area contributed by atoms with Gasteiger partial charge in [0.2, 0.25) is 0 Å². The maximum Gasteiger partial charge on any atom is 0.269 e. The van der Waals surface area contributed by atoms with Crippen LogP contribution < -0.4 is 21.9 Å². The first kappa shape index (κ1) is 18.3. The second-order valence-corrected chi connectivity index (χ2v) is 5.76. The number of nitrogens with one attached hydrogen (secondary N) is 3. The Morgan fingerprint density at radius 1 is 1.00 bits per heavy atom. The number of aromatic nitrogens is 2. The summed E-state index contributed by atoms with van der Waals surface area (Å²) in [7, 11) is 0. The number of rotatable bonds is 5. The molecule has 0 saturated carbocycles. The van der Waals surface area contributed by atoms with Gasteiger partial charge >= 0.3 is 0 Å². The van der Waals surface area contributed by atoms with Crippen LogP contribution in [0.15, 0.2) is 48.8 Å². The van der Waals surface area contributed by atoms with Crippen LogP contribution in [0, 0.1) is 11.6 Å². The summed E-state index contributed by atoms with van der Waals surface area (Å²) in [5.74, 6) is -2.14. The lowest BCUT2D eigenvalue weighted by Crippen LogP contribution is -2.30. The summed E-state index contributed by atoms with van der Waals surface area (Å²) < 4.78 is 26.3. The van der Waals surface area contributed by atoms with Gasteiger partial charge in [0.15, 0.2) is 23.3 Å². The van der Waals surface area contributed by atoms with Gasteiger partial charge in [0.1, 0.15) is 12.0 Å². The average Bonchev–Trinajstić information content (AvgIpc) is 2.66. The predicted molar refractivity (Wildman–Crippen MR) is 98.6 cm³/mol. The van der Waals surface area contributed by atoms with Gasteiger partial charge in [0, 0.05) is 22.3 Å². The smallest absolute Gasteiger partial charge is 0.269 e. The van der Waals surface area contributed by atoms with Crippen LogP contribution in [0.5, 0.6) is 0 Å². The van der Waals surface area contributed by atoms with Gasteiger partial charge < -0.3 is 11.1 Å². The molecule has 3 rings (SSSR count). The van der Waals surface area contributed by atoms with E-state index in [0.29, 0.717) is 10.6 Å². The molecule has 2 aromatic carbocycles. The molecule has 3 aromatic rings. The fourth-order valence-electron chi connectivity index (χ4n) is 2.09. The standard InChI is InChI=1S/C17H13ClF2N6O/c18-10-3-1-9(2-4-10)17(27)26-25-16-14(21)15(22-8-23-16)24-11-5-6-12(19)13(20)7-11/h1-8H,21H2,(H,26,27)(H2,22,23,24,25). The van der Waals surface area contributed by atoms with Crippen molar-refractivity contribution in [3.63, 3.8) is 0 Å². The summed E-state index contributed by atoms with van der Waals surface area (Å²) in [6, 6.07) is 9.54. The number of hydrazine groups is 1. The molecule has 0 unspecified atom stereocenters. The third-order valence-corrected chi connectivity index (χ3v) is 3.72. The summed E-state index contributed by atoms with van der Waals surface area (Å²) >= 11 is 5.78. The Labute approximate surface area is 157 Å². The van der Waals surface area contributed by atoms with Crippen LogP contribution in [0.2, 0.25) is 5.02 Å². The van der Waals surface area contributed by atoms with Crippen LogP contribution in [-0.4, -0.2) is 15.9 Å². The number of anilines is 4. The zero-order valence-corrected chi connectivity index (χ0v) is 14.4. The molecule has 1 heterocycles. The van der Waals surface area contributed by atoms with Crippen molar-refractivity contribution >= 4 is 40.5 Å². The number of halogens is 3. The van der Waals surface area contributed by atoms with E-state index in [1.807, 2.05) is 0 Å². The Morgan fingerprint density at radius 3 is 2.41 bits per heavy atom. The number of nitrogens with zero attached hydrogens (tertiary/aromatic N) is 2. The van der Waals surface area contributed by atoms with E-state index in [1.54, 1.807) is 24.3 Å². The molecule has 0 aliphatic rings. The van der Waals surface area contributed by atoms with E-state index in [1.165, 1.54) is 12.4 Å². The van der Waals surface area contributed by atoms with E-state index in [-0.39, 0.29) is 23.0 Å². The van der Waals surface area contributed by atoms with E-state index in [9.17, 15) is 13.6 Å². The van der Waals surface area contributed by atoms with Crippen molar-refractivity contribution in [1.82, 2.24) is 15.4 Å². The second-order valence-electron chi connectivity index (χ2n) is 5.32. The average molecular weight is 391 g/mol. The van der Waals surface area contributed by atoms with Crippen LogP contribution >= 0.6 is 11.6 Å². The molecule has 10 heteroatoms. The highest BCUT2D eigenvalue weighted by atomic mass is 35.5. The fourth-order valence-corrected chi connectivity index (χ4v) is 2.22. The molecule has 138 valence electrons. The summed E-state index contributed by atoms with van der Waals surface area (Å²) in [6.07, 6.45) is 1.19. The maximum absolute atomic E-state index is 13.3. The molecule has 7 nitrogen and oxygen atoms in total. The third-order valence-electron chi connectivity index (χ3n) is 3.47. The van der Waals surface area contributed by atoms with E-state index < -0.39 is 17.5 Å². The van der Waals surface area contributed by atoms with Gasteiger partial charge in [0.05, 0.1) is 0 Å². The first-order valence-electron chi connectivity index (χ1n) is 7.58. The number of nitrogens with two attached hydrogens (primary N) is 1. The minimum atomic E-state index is -1.01. The van der Waals surface area contributed by atoms with Crippen molar-refractivity contribution in [2.75, 3.05) is 16.5 Å². The highest BCUT2D eigenvalue weighted by Crippen LogP contribution is 2.26. The highest BCUT2D eigenvalue weighted by molar-refractivity contribution is 6.30. The molecule has 0 spiro atoms. The molecule has 1 aromatic heterocycles. The largest absolute Gasteiger partial charge is 0.393 e. The number of hydrogen-bond acceptors (Lipinski definition) is 6. The van der Waals surface area contributed by atoms with Crippen molar-refractivity contribution in [3.8, 4) is 0 Å². The molecule has 1 amide bonds. The van der Waals surface area contributed by atoms with Crippen LogP contribution in [0.1, 0.15) is 10.4 Å². The first-order chi connectivity index (χ1) is 12.9. The van der Waals surface area contributed by atoms with Crippen molar-refractivity contribution < 1.29 is 13.6 Å². The monoisotopic (exact) mass is 390 g/mol. The van der Waals surface area contributed by atoms with Crippen LogP contribution in [0.4, 0.5) is 31.8 Å². The molecule has 27 heavy (non-hydrogen) atoms. The zero-order valence-electron chi connectivity index (χ0n) is 13.6. The Balaban J connectivity index is 1.71. The van der Waals surface area contributed by atoms with E-state index in [0.717, 1.165) is 12.1 Å². The SMILES string of the molecule is Nc1c(NNC(=O)c2ccc(Cl)cc2)ncnc1Nc1ccc(F)c(F)c1. The summed E-state index contributed by atoms with van der Waals surface area (Å²) in [5, 5.41) is 3.26. The van der Waals surface area contributed by atoms with E-state index >= 15 is 0 Å². The van der Waals surface area contributed by atoms with Gasteiger partial charge in [-0.2, -0.15) is 0 Å². The lowest BCUT2D eigenvalue weighted by molar-refractivity contribution is 0.0962. The Kier molecular flexibility index (Phi) is 5.32. The zero-order chi connectivity index (χ0) is 19.4. The quantitative estimate of drug-likeness (QED) is 0.497. The molecular formula is C17H13ClF2N6O. The lowest BCUT2D eigenvalue weighted by Gasteiger charge is -2.13. The van der Waals surface area contributed by atoms with Gasteiger partial charge in [-0.25, -0.2) is 18.7 Å². The van der Waals surface area contributed by atoms with Crippen molar-refractivity contribution in [2.24, 2.45) is 0 Å². The summed E-state index contributed by atoms with van der Waals surface area (Å²) in [4.78, 5) is 20.0. The van der Waals surface area contributed by atoms with Gasteiger partial charge in [0.25, 0.3) is 5.91 Å². The molecule has 0 saturated heterocycles. The minimum Gasteiger partial charge on any atom is -0.393 e. The Bertz CT molecular complexity index is 984. The predicted octanol–water partition coefficient (Wildman–Crippen LogP) is 3.49. The highest BCUT2D eigenvalue weighted by Gasteiger charge is 2.11. The van der Waals surface area contributed by atoms with Crippen molar-refractivity contribution in [1.29, 1.82) is 0 Å². The topological polar surface area (TPSA) is 105 Å². The van der Waals surface area contributed by atoms with E-state index in [2.05, 4.69) is 26.1 Å². The molecular weight excluding hydrogens is 378 g/mol. The maximum atomic E-state index is 13.3. The van der Waals surface area contributed by atoms with Crippen LogP contribution in [-0.2, 0) is 0 Å². The summed E-state index contributed by atoms with van der Waals surface area (Å²) in [5.41, 5.74) is 11.7. The number of nitrogen functional groups attached to an aromatic ring is 1. The van der Waals surface area contributed by atoms with Crippen molar-refractivity contribution in [3.05, 3.63) is 71.0 Å². The number of hydrogen-bond donors (Lipinski definition) is 4. The van der Waals surface area contributed by atoms with Gasteiger partial charge in [-0.05, 0) is 36.4 Å². The Hall–Kier alpha value is -3.46. The van der Waals surface area contributed by atoms with Gasteiger partial charge in [-0.3, -0.25) is 15.6 Å². The number of carbonyl (C=O) groups is 1. The summed E-state index contributed by atoms with van der Waals surface area (Å²) in [6.45, 7) is 0. The normalized spacial score (nSPS) is 10.3. The molecule has 0 bridgehead atoms. The minimum absolute atomic E-state index is 0.0682. The third kappa shape index (κ3) is 4.39. The van der Waals surface area contributed by atoms with Gasteiger partial charge in [-0.15, -0.1) is 0 Å². The number of carbonyl (C=O) groups excluding carboxylic acids is 1. The van der Waals surface area contributed by atoms with E-state index in [4.69, 9.17) is 17.3 Å².